The molecule has 0 aromatic carbocycles. The van der Waals surface area contributed by atoms with Gasteiger partial charge in [0.1, 0.15) is 6.04 Å². The van der Waals surface area contributed by atoms with Crippen LogP contribution in [0.4, 0.5) is 0 Å². The zero-order valence-electron chi connectivity index (χ0n) is 9.01. The molecule has 0 radical (unpaired) electrons. The maximum Gasteiger partial charge on any atom is 0.329 e. The second-order valence-corrected chi connectivity index (χ2v) is 6.70. The summed E-state index contributed by atoms with van der Waals surface area (Å²) in [6, 6.07) is -0.915. The van der Waals surface area contributed by atoms with E-state index in [0.29, 0.717) is 6.42 Å². The fourth-order valence-corrected chi connectivity index (χ4v) is 1.97. The summed E-state index contributed by atoms with van der Waals surface area (Å²) < 4.78 is 0. The van der Waals surface area contributed by atoms with Gasteiger partial charge in [0.2, 0.25) is 0 Å². The van der Waals surface area contributed by atoms with E-state index in [0.717, 1.165) is 0 Å². The lowest BCUT2D eigenvalue weighted by atomic mass is 10.2. The Balaban J connectivity index is 3.86. The summed E-state index contributed by atoms with van der Waals surface area (Å²) in [6.07, 6.45) is -0.0958. The molecule has 16 heavy (non-hydrogen) atoms. The number of aliphatic carboxylic acids is 2. The highest BCUT2D eigenvalue weighted by Gasteiger charge is 2.22. The molecule has 0 aromatic rings. The van der Waals surface area contributed by atoms with Gasteiger partial charge in [-0.05, 0) is 25.6 Å². The zero-order chi connectivity index (χ0) is 12.8. The molecule has 8 heteroatoms. The first kappa shape index (κ1) is 15.0. The van der Waals surface area contributed by atoms with E-state index in [1.807, 2.05) is 0 Å². The molecule has 0 saturated carbocycles. The molecule has 0 saturated heterocycles. The van der Waals surface area contributed by atoms with E-state index in [1.165, 1.54) is 6.55 Å². The third-order valence-electron chi connectivity index (χ3n) is 1.89. The molecule has 0 fully saturated rings. The van der Waals surface area contributed by atoms with Crippen molar-refractivity contribution < 1.29 is 29.4 Å². The molecule has 0 aliphatic heterocycles. The smallest absolute Gasteiger partial charge is 0.329 e. The van der Waals surface area contributed by atoms with Gasteiger partial charge in [-0.2, -0.15) is 0 Å². The molecule has 1 unspecified atom stereocenters. The maximum atomic E-state index is 10.6. The van der Waals surface area contributed by atoms with Crippen LogP contribution in [0.5, 0.6) is 0 Å². The van der Waals surface area contributed by atoms with Gasteiger partial charge in [0, 0.05) is 0 Å². The highest BCUT2D eigenvalue weighted by atomic mass is 28.4. The van der Waals surface area contributed by atoms with Crippen LogP contribution in [0, 0.1) is 0 Å². The molecule has 0 aromatic heterocycles. The number of hydrogen-bond donors (Lipinski definition) is 5. The Labute approximate surface area is 94.0 Å². The highest BCUT2D eigenvalue weighted by molar-refractivity contribution is 6.63. The number of carboxylic acids is 2. The van der Waals surface area contributed by atoms with Crippen molar-refractivity contribution in [1.29, 1.82) is 0 Å². The molecule has 94 valence electrons. The van der Waals surface area contributed by atoms with E-state index in [-0.39, 0.29) is 12.6 Å². The fraction of sp³-hybridized carbons (Fsp3) is 0.750. The second-order valence-electron chi connectivity index (χ2n) is 3.76. The first-order valence-corrected chi connectivity index (χ1v) is 7.45. The van der Waals surface area contributed by atoms with Crippen LogP contribution in [-0.4, -0.2) is 52.9 Å². The molecule has 0 bridgehead atoms. The van der Waals surface area contributed by atoms with Crippen LogP contribution in [0.2, 0.25) is 12.6 Å². The Kier molecular flexibility index (Phi) is 6.19. The number of carbonyl (C=O) groups is 2. The molecule has 5 N–H and O–H groups in total. The van der Waals surface area contributed by atoms with E-state index in [1.54, 1.807) is 0 Å². The number of nitrogens with one attached hydrogen (secondary N) is 1. The highest BCUT2D eigenvalue weighted by Crippen LogP contribution is 2.03. The van der Waals surface area contributed by atoms with Gasteiger partial charge in [-0.3, -0.25) is 9.59 Å². The predicted molar refractivity (Wildman–Crippen MR) is 57.2 cm³/mol. The molecule has 0 amide bonds. The van der Waals surface area contributed by atoms with Crippen LogP contribution in [0.1, 0.15) is 12.8 Å². The normalized spacial score (nSPS) is 13.4. The van der Waals surface area contributed by atoms with Crippen molar-refractivity contribution in [3.63, 3.8) is 0 Å². The topological polar surface area (TPSA) is 127 Å². The van der Waals surface area contributed by atoms with Crippen molar-refractivity contribution in [2.45, 2.75) is 31.5 Å². The van der Waals surface area contributed by atoms with E-state index in [2.05, 4.69) is 5.32 Å². The van der Waals surface area contributed by atoms with Crippen LogP contribution in [0.25, 0.3) is 0 Å². The van der Waals surface area contributed by atoms with Gasteiger partial charge < -0.3 is 25.1 Å². The van der Waals surface area contributed by atoms with Gasteiger partial charge in [0.05, 0.1) is 6.42 Å². The van der Waals surface area contributed by atoms with Crippen LogP contribution in [0.3, 0.4) is 0 Å². The summed E-state index contributed by atoms with van der Waals surface area (Å²) in [7, 11) is -3.09. The molecule has 1 atom stereocenters. The summed E-state index contributed by atoms with van der Waals surface area (Å²) in [5.74, 6) is -2.42. The molecule has 0 heterocycles. The zero-order valence-corrected chi connectivity index (χ0v) is 10.0. The van der Waals surface area contributed by atoms with Crippen molar-refractivity contribution in [1.82, 2.24) is 5.32 Å². The fourth-order valence-electron chi connectivity index (χ4n) is 1.12. The summed E-state index contributed by atoms with van der Waals surface area (Å²) >= 11 is 0. The lowest BCUT2D eigenvalue weighted by Crippen LogP contribution is -2.40. The van der Waals surface area contributed by atoms with Crippen LogP contribution in [-0.2, 0) is 9.59 Å². The average molecular weight is 251 g/mol. The first-order valence-electron chi connectivity index (χ1n) is 4.85. The molecular weight excluding hydrogens is 234 g/mol. The average Bonchev–Trinajstić information content (AvgIpc) is 2.07. The largest absolute Gasteiger partial charge is 0.481 e. The van der Waals surface area contributed by atoms with Crippen LogP contribution >= 0.6 is 0 Å². The van der Waals surface area contributed by atoms with Crippen molar-refractivity contribution in [3.05, 3.63) is 0 Å². The Hall–Kier alpha value is -0.963. The summed E-state index contributed by atoms with van der Waals surface area (Å²) in [4.78, 5) is 39.1. The van der Waals surface area contributed by atoms with Crippen molar-refractivity contribution in [3.8, 4) is 0 Å². The third-order valence-corrected chi connectivity index (χ3v) is 3.20. The number of rotatable bonds is 8. The van der Waals surface area contributed by atoms with Crippen LogP contribution in [0.15, 0.2) is 0 Å². The van der Waals surface area contributed by atoms with Gasteiger partial charge in [-0.1, -0.05) is 0 Å². The molecule has 0 spiro atoms. The van der Waals surface area contributed by atoms with Gasteiger partial charge in [-0.25, -0.2) is 0 Å². The lowest BCUT2D eigenvalue weighted by Gasteiger charge is -2.14. The number of carboxylic acid groups (broad SMARTS) is 2. The summed E-state index contributed by atoms with van der Waals surface area (Å²) in [5.41, 5.74) is 0. The van der Waals surface area contributed by atoms with Crippen LogP contribution < -0.4 is 5.32 Å². The molecule has 7 nitrogen and oxygen atoms in total. The van der Waals surface area contributed by atoms with Gasteiger partial charge in [-0.15, -0.1) is 0 Å². The van der Waals surface area contributed by atoms with E-state index >= 15 is 0 Å². The standard InChI is InChI=1S/C8H17NO6Si/c1-16(14,15)4-2-3-9-6(8(12)13)5-7(10)11/h6,9,14-15H,2-5H2,1H3,(H,10,11)(H,12,13). The molecule has 0 aliphatic rings. The molecule has 0 aliphatic carbocycles. The van der Waals surface area contributed by atoms with E-state index in [4.69, 9.17) is 19.8 Å². The minimum absolute atomic E-state index is 0.222. The minimum atomic E-state index is -3.09. The number of hydrogen-bond acceptors (Lipinski definition) is 5. The van der Waals surface area contributed by atoms with Gasteiger partial charge in [0.15, 0.2) is 0 Å². The van der Waals surface area contributed by atoms with E-state index < -0.39 is 33.0 Å². The molecular formula is C8H17NO6Si. The Morgan fingerprint density at radius 2 is 1.88 bits per heavy atom. The monoisotopic (exact) mass is 251 g/mol. The Morgan fingerprint density at radius 1 is 1.31 bits per heavy atom. The minimum Gasteiger partial charge on any atom is -0.481 e. The van der Waals surface area contributed by atoms with Crippen molar-refractivity contribution >= 4 is 20.5 Å². The SMILES string of the molecule is C[Si](O)(O)CCCNC(CC(=O)O)C(=O)O. The van der Waals surface area contributed by atoms with Crippen molar-refractivity contribution in [2.75, 3.05) is 6.54 Å². The van der Waals surface area contributed by atoms with E-state index in [9.17, 15) is 9.59 Å². The van der Waals surface area contributed by atoms with Gasteiger partial charge >= 0.3 is 20.5 Å². The Bertz CT molecular complexity index is 251. The third kappa shape index (κ3) is 8.35. The second kappa shape index (κ2) is 6.58. The van der Waals surface area contributed by atoms with Gasteiger partial charge in [0.25, 0.3) is 0 Å². The summed E-state index contributed by atoms with van der Waals surface area (Å²) in [5, 5.41) is 19.7. The maximum absolute atomic E-state index is 10.6. The predicted octanol–water partition coefficient (Wildman–Crippen LogP) is -1.05. The summed E-state index contributed by atoms with van der Waals surface area (Å²) in [6.45, 7) is 1.60. The quantitative estimate of drug-likeness (QED) is 0.275. The van der Waals surface area contributed by atoms with Crippen molar-refractivity contribution in [2.24, 2.45) is 0 Å². The molecule has 0 rings (SSSR count). The first-order chi connectivity index (χ1) is 7.22. The lowest BCUT2D eigenvalue weighted by molar-refractivity contribution is -0.145. The Morgan fingerprint density at radius 3 is 2.25 bits per heavy atom.